The number of aromatic nitrogens is 3. The van der Waals surface area contributed by atoms with Crippen LogP contribution in [0.15, 0.2) is 73.4 Å². The molecule has 5 nitrogen and oxygen atoms in total. The second-order valence-corrected chi connectivity index (χ2v) is 8.90. The number of H-pyrrole nitrogens is 1. The maximum Gasteiger partial charge on any atom is 0.0991 e. The van der Waals surface area contributed by atoms with E-state index in [1.807, 2.05) is 18.7 Å². The maximum atomic E-state index is 4.17. The lowest BCUT2D eigenvalue weighted by Crippen LogP contribution is -2.29. The average Bonchev–Trinajstić information content (AvgIpc) is 3.54. The minimum atomic E-state index is 0.768. The van der Waals surface area contributed by atoms with Gasteiger partial charge >= 0.3 is 0 Å². The van der Waals surface area contributed by atoms with E-state index in [9.17, 15) is 0 Å². The maximum absolute atomic E-state index is 4.17. The van der Waals surface area contributed by atoms with Gasteiger partial charge in [-0.1, -0.05) is 30.3 Å². The summed E-state index contributed by atoms with van der Waals surface area (Å²) in [6.07, 6.45) is 10.2. The molecule has 1 N–H and O–H groups in total. The molecule has 0 aliphatic carbocycles. The number of likely N-dealkylation sites (tertiary alicyclic amines) is 1. The number of hydrogen-bond acceptors (Lipinski definition) is 3. The van der Waals surface area contributed by atoms with Crippen molar-refractivity contribution in [2.75, 3.05) is 33.2 Å². The number of nitrogens with zero attached hydrogens (tertiary/aromatic N) is 4. The van der Waals surface area contributed by atoms with Crippen molar-refractivity contribution >= 4 is 10.9 Å². The molecule has 0 spiro atoms. The molecule has 4 aromatic rings. The Kier molecular flexibility index (Phi) is 5.87. The van der Waals surface area contributed by atoms with Gasteiger partial charge in [-0.15, -0.1) is 0 Å². The van der Waals surface area contributed by atoms with Crippen molar-refractivity contribution < 1.29 is 0 Å². The molecule has 0 unspecified atom stereocenters. The van der Waals surface area contributed by atoms with Crippen LogP contribution in [0.3, 0.4) is 0 Å². The Morgan fingerprint density at radius 1 is 1.16 bits per heavy atom. The molecule has 0 amide bonds. The second kappa shape index (κ2) is 9.08. The zero-order valence-electron chi connectivity index (χ0n) is 18.2. The van der Waals surface area contributed by atoms with Crippen molar-refractivity contribution in [2.45, 2.75) is 19.4 Å². The van der Waals surface area contributed by atoms with E-state index >= 15 is 0 Å². The first-order valence-corrected chi connectivity index (χ1v) is 11.3. The van der Waals surface area contributed by atoms with Crippen LogP contribution in [0.25, 0.3) is 16.6 Å². The molecule has 5 rings (SSSR count). The Labute approximate surface area is 184 Å². The van der Waals surface area contributed by atoms with Gasteiger partial charge in [-0.25, -0.2) is 4.98 Å². The number of nitrogens with one attached hydrogen (secondary N) is 1. The quantitative estimate of drug-likeness (QED) is 0.467. The van der Waals surface area contributed by atoms with Crippen LogP contribution in [0.5, 0.6) is 0 Å². The summed E-state index contributed by atoms with van der Waals surface area (Å²) in [6.45, 7) is 5.76. The molecule has 0 bridgehead atoms. The summed E-state index contributed by atoms with van der Waals surface area (Å²) in [4.78, 5) is 12.7. The van der Waals surface area contributed by atoms with E-state index in [4.69, 9.17) is 0 Å². The van der Waals surface area contributed by atoms with Crippen molar-refractivity contribution in [1.29, 1.82) is 0 Å². The summed E-state index contributed by atoms with van der Waals surface area (Å²) < 4.78 is 2.06. The molecule has 1 fully saturated rings. The van der Waals surface area contributed by atoms with Crippen LogP contribution in [-0.4, -0.2) is 57.6 Å². The zero-order valence-corrected chi connectivity index (χ0v) is 18.2. The van der Waals surface area contributed by atoms with E-state index in [0.29, 0.717) is 0 Å². The van der Waals surface area contributed by atoms with Crippen molar-refractivity contribution in [3.63, 3.8) is 0 Å². The molecule has 5 heteroatoms. The van der Waals surface area contributed by atoms with Crippen LogP contribution in [0.4, 0.5) is 0 Å². The molecule has 1 saturated heterocycles. The average molecular weight is 414 g/mol. The predicted molar refractivity (Wildman–Crippen MR) is 126 cm³/mol. The monoisotopic (exact) mass is 413 g/mol. The van der Waals surface area contributed by atoms with Gasteiger partial charge in [0.05, 0.1) is 6.33 Å². The van der Waals surface area contributed by atoms with Gasteiger partial charge in [0.15, 0.2) is 0 Å². The normalized spacial score (nSPS) is 17.2. The van der Waals surface area contributed by atoms with Crippen LogP contribution in [-0.2, 0) is 13.0 Å². The lowest BCUT2D eigenvalue weighted by molar-refractivity contribution is 0.258. The fraction of sp³-hybridized carbons (Fsp3) is 0.346. The smallest absolute Gasteiger partial charge is 0.0991 e. The molecular formula is C26H31N5. The molecule has 1 aliphatic heterocycles. The van der Waals surface area contributed by atoms with Crippen molar-refractivity contribution in [2.24, 2.45) is 5.92 Å². The number of fused-ring (bicyclic) bond motifs is 1. The van der Waals surface area contributed by atoms with E-state index in [2.05, 4.69) is 86.1 Å². The van der Waals surface area contributed by atoms with Crippen molar-refractivity contribution in [3.8, 4) is 5.69 Å². The molecule has 2 aromatic heterocycles. The fourth-order valence-electron chi connectivity index (χ4n) is 4.89. The largest absolute Gasteiger partial charge is 0.361 e. The van der Waals surface area contributed by atoms with Gasteiger partial charge in [0.1, 0.15) is 0 Å². The lowest BCUT2D eigenvalue weighted by Gasteiger charge is -2.21. The van der Waals surface area contributed by atoms with Gasteiger partial charge in [0, 0.05) is 61.4 Å². The zero-order chi connectivity index (χ0) is 21.0. The Morgan fingerprint density at radius 2 is 2.06 bits per heavy atom. The summed E-state index contributed by atoms with van der Waals surface area (Å²) in [5, 5.41) is 1.32. The van der Waals surface area contributed by atoms with Gasteiger partial charge in [0.25, 0.3) is 0 Å². The number of hydrogen-bond donors (Lipinski definition) is 1. The van der Waals surface area contributed by atoms with E-state index in [1.165, 1.54) is 48.1 Å². The van der Waals surface area contributed by atoms with Gasteiger partial charge in [-0.2, -0.15) is 0 Å². The van der Waals surface area contributed by atoms with Crippen LogP contribution in [0.2, 0.25) is 0 Å². The summed E-state index contributed by atoms with van der Waals surface area (Å²) >= 11 is 0. The van der Waals surface area contributed by atoms with E-state index in [-0.39, 0.29) is 0 Å². The number of benzene rings is 2. The van der Waals surface area contributed by atoms with Crippen LogP contribution in [0, 0.1) is 5.92 Å². The SMILES string of the molecule is CN(Cc1ccccc1)C[C@@H]1CCN(CCc2c[nH]c3ccc(-n4ccnc4)cc23)C1. The third-order valence-corrected chi connectivity index (χ3v) is 6.49. The minimum absolute atomic E-state index is 0.768. The second-order valence-electron chi connectivity index (χ2n) is 8.90. The number of aromatic amines is 1. The first-order valence-electron chi connectivity index (χ1n) is 11.3. The Balaban J connectivity index is 1.16. The summed E-state index contributed by atoms with van der Waals surface area (Å²) in [5.74, 6) is 0.768. The lowest BCUT2D eigenvalue weighted by atomic mass is 10.1. The minimum Gasteiger partial charge on any atom is -0.361 e. The van der Waals surface area contributed by atoms with Gasteiger partial charge in [0.2, 0.25) is 0 Å². The molecule has 1 aliphatic rings. The van der Waals surface area contributed by atoms with Crippen molar-refractivity contribution in [3.05, 3.63) is 84.6 Å². The molecule has 0 radical (unpaired) electrons. The molecule has 2 aromatic carbocycles. The van der Waals surface area contributed by atoms with Gasteiger partial charge in [-0.05, 0) is 61.7 Å². The third kappa shape index (κ3) is 4.73. The number of imidazole rings is 1. The van der Waals surface area contributed by atoms with Gasteiger partial charge < -0.3 is 19.4 Å². The fourth-order valence-corrected chi connectivity index (χ4v) is 4.89. The highest BCUT2D eigenvalue weighted by atomic mass is 15.2. The van der Waals surface area contributed by atoms with Gasteiger partial charge in [-0.3, -0.25) is 0 Å². The van der Waals surface area contributed by atoms with E-state index < -0.39 is 0 Å². The molecule has 1 atom stereocenters. The molecule has 31 heavy (non-hydrogen) atoms. The summed E-state index contributed by atoms with van der Waals surface area (Å²) in [5.41, 5.74) is 5.17. The standard InChI is InChI=1S/C26H31N5/c1-29(17-21-5-3-2-4-6-21)18-22-9-12-30(19-22)13-10-23-16-28-26-8-7-24(15-25(23)26)31-14-11-27-20-31/h2-8,11,14-16,20,22,28H,9-10,12-13,17-19H2,1H3/t22-/m0/s1. The molecule has 0 saturated carbocycles. The van der Waals surface area contributed by atoms with Crippen molar-refractivity contribution in [1.82, 2.24) is 24.3 Å². The Bertz CT molecular complexity index is 1100. The third-order valence-electron chi connectivity index (χ3n) is 6.49. The number of rotatable bonds is 8. The first-order chi connectivity index (χ1) is 15.2. The summed E-state index contributed by atoms with van der Waals surface area (Å²) in [6, 6.07) is 17.4. The highest BCUT2D eigenvalue weighted by Gasteiger charge is 2.23. The van der Waals surface area contributed by atoms with E-state index in [1.54, 1.807) is 0 Å². The Hall–Kier alpha value is -2.89. The van der Waals surface area contributed by atoms with Crippen LogP contribution >= 0.6 is 0 Å². The van der Waals surface area contributed by atoms with Crippen LogP contribution < -0.4 is 0 Å². The summed E-state index contributed by atoms with van der Waals surface area (Å²) in [7, 11) is 2.25. The van der Waals surface area contributed by atoms with E-state index in [0.717, 1.165) is 31.1 Å². The molecular weight excluding hydrogens is 382 g/mol. The first kappa shape index (κ1) is 20.0. The predicted octanol–water partition coefficient (Wildman–Crippen LogP) is 4.35. The molecule has 160 valence electrons. The highest BCUT2D eigenvalue weighted by Crippen LogP contribution is 2.24. The molecule has 3 heterocycles. The Morgan fingerprint density at radius 3 is 2.90 bits per heavy atom. The highest BCUT2D eigenvalue weighted by molar-refractivity contribution is 5.85. The van der Waals surface area contributed by atoms with Crippen LogP contribution in [0.1, 0.15) is 17.5 Å². The topological polar surface area (TPSA) is 40.1 Å².